The SMILES string of the molecule is CN(C)C(C)(C)CNCc1cccc2ccccc12. The molecule has 0 saturated carbocycles. The van der Waals surface area contributed by atoms with Crippen molar-refractivity contribution in [2.24, 2.45) is 0 Å². The van der Waals surface area contributed by atoms with Gasteiger partial charge in [-0.3, -0.25) is 0 Å². The van der Waals surface area contributed by atoms with Crippen molar-refractivity contribution in [1.82, 2.24) is 10.2 Å². The van der Waals surface area contributed by atoms with Crippen molar-refractivity contribution in [3.8, 4) is 0 Å². The Hall–Kier alpha value is -1.38. The number of nitrogens with zero attached hydrogens (tertiary/aromatic N) is 1. The minimum atomic E-state index is 0.171. The first kappa shape index (κ1) is 14.0. The second-order valence-corrected chi connectivity index (χ2v) is 5.95. The van der Waals surface area contributed by atoms with Gasteiger partial charge in [0.2, 0.25) is 0 Å². The van der Waals surface area contributed by atoms with Crippen LogP contribution < -0.4 is 5.32 Å². The van der Waals surface area contributed by atoms with Gasteiger partial charge in [0.15, 0.2) is 0 Å². The molecule has 0 aromatic heterocycles. The predicted molar refractivity (Wildman–Crippen MR) is 83.4 cm³/mol. The molecule has 0 bridgehead atoms. The highest BCUT2D eigenvalue weighted by Gasteiger charge is 2.19. The molecule has 2 aromatic carbocycles. The van der Waals surface area contributed by atoms with Gasteiger partial charge in [0.05, 0.1) is 0 Å². The second kappa shape index (κ2) is 5.72. The number of hydrogen-bond acceptors (Lipinski definition) is 2. The number of rotatable bonds is 5. The van der Waals surface area contributed by atoms with Crippen molar-refractivity contribution < 1.29 is 0 Å². The van der Waals surface area contributed by atoms with Crippen molar-refractivity contribution in [2.75, 3.05) is 20.6 Å². The fourth-order valence-corrected chi connectivity index (χ4v) is 2.11. The van der Waals surface area contributed by atoms with Crippen LogP contribution in [0.1, 0.15) is 19.4 Å². The van der Waals surface area contributed by atoms with Gasteiger partial charge in [0.25, 0.3) is 0 Å². The zero-order valence-electron chi connectivity index (χ0n) is 12.4. The third kappa shape index (κ3) is 3.34. The summed E-state index contributed by atoms with van der Waals surface area (Å²) in [6, 6.07) is 15.1. The van der Waals surface area contributed by atoms with E-state index in [1.54, 1.807) is 0 Å². The fourth-order valence-electron chi connectivity index (χ4n) is 2.11. The van der Waals surface area contributed by atoms with E-state index in [-0.39, 0.29) is 5.54 Å². The van der Waals surface area contributed by atoms with E-state index in [9.17, 15) is 0 Å². The molecule has 2 aromatic rings. The van der Waals surface area contributed by atoms with Crippen molar-refractivity contribution in [3.05, 3.63) is 48.0 Å². The Balaban J connectivity index is 2.07. The molecule has 0 aliphatic carbocycles. The summed E-state index contributed by atoms with van der Waals surface area (Å²) in [4.78, 5) is 2.25. The standard InChI is InChI=1S/C17H24N2/c1-17(2,19(3)4)13-18-12-15-10-7-9-14-8-5-6-11-16(14)15/h5-11,18H,12-13H2,1-4H3. The highest BCUT2D eigenvalue weighted by atomic mass is 15.2. The molecule has 2 nitrogen and oxygen atoms in total. The maximum absolute atomic E-state index is 3.57. The Morgan fingerprint density at radius 3 is 2.42 bits per heavy atom. The average molecular weight is 256 g/mol. The van der Waals surface area contributed by atoms with E-state index in [4.69, 9.17) is 0 Å². The first-order valence-corrected chi connectivity index (χ1v) is 6.85. The number of benzene rings is 2. The minimum absolute atomic E-state index is 0.171. The highest BCUT2D eigenvalue weighted by Crippen LogP contribution is 2.18. The molecule has 0 saturated heterocycles. The average Bonchev–Trinajstić information content (AvgIpc) is 2.38. The van der Waals surface area contributed by atoms with E-state index in [1.165, 1.54) is 16.3 Å². The molecule has 0 heterocycles. The topological polar surface area (TPSA) is 15.3 Å². The second-order valence-electron chi connectivity index (χ2n) is 5.95. The lowest BCUT2D eigenvalue weighted by molar-refractivity contribution is 0.190. The van der Waals surface area contributed by atoms with Crippen LogP contribution in [-0.2, 0) is 6.54 Å². The monoisotopic (exact) mass is 256 g/mol. The summed E-state index contributed by atoms with van der Waals surface area (Å²) in [7, 11) is 4.25. The van der Waals surface area contributed by atoms with Crippen LogP contribution in [0.4, 0.5) is 0 Å². The number of likely N-dealkylation sites (N-methyl/N-ethyl adjacent to an activating group) is 1. The van der Waals surface area contributed by atoms with Crippen molar-refractivity contribution in [1.29, 1.82) is 0 Å². The van der Waals surface area contributed by atoms with Crippen LogP contribution in [-0.4, -0.2) is 31.1 Å². The van der Waals surface area contributed by atoms with Gasteiger partial charge in [0, 0.05) is 18.6 Å². The zero-order valence-corrected chi connectivity index (χ0v) is 12.4. The summed E-state index contributed by atoms with van der Waals surface area (Å²) >= 11 is 0. The molecule has 102 valence electrons. The van der Waals surface area contributed by atoms with Crippen LogP contribution in [0.5, 0.6) is 0 Å². The molecular formula is C17H24N2. The zero-order chi connectivity index (χ0) is 13.9. The summed E-state index contributed by atoms with van der Waals surface area (Å²) in [5, 5.41) is 6.23. The maximum Gasteiger partial charge on any atom is 0.0271 e. The largest absolute Gasteiger partial charge is 0.311 e. The number of fused-ring (bicyclic) bond motifs is 1. The summed E-state index contributed by atoms with van der Waals surface area (Å²) < 4.78 is 0. The normalized spacial score (nSPS) is 12.3. The van der Waals surface area contributed by atoms with E-state index in [0.29, 0.717) is 0 Å². The van der Waals surface area contributed by atoms with Gasteiger partial charge < -0.3 is 10.2 Å². The van der Waals surface area contributed by atoms with Crippen molar-refractivity contribution >= 4 is 10.8 Å². The maximum atomic E-state index is 3.57. The Bertz CT molecular complexity index is 538. The Labute approximate surface area is 116 Å². The van der Waals surface area contributed by atoms with Gasteiger partial charge in [-0.25, -0.2) is 0 Å². The predicted octanol–water partition coefficient (Wildman–Crippen LogP) is 3.27. The molecule has 0 radical (unpaired) electrons. The first-order valence-electron chi connectivity index (χ1n) is 6.85. The molecule has 19 heavy (non-hydrogen) atoms. The smallest absolute Gasteiger partial charge is 0.0271 e. The van der Waals surface area contributed by atoms with Gasteiger partial charge in [-0.1, -0.05) is 42.5 Å². The van der Waals surface area contributed by atoms with Gasteiger partial charge in [0.1, 0.15) is 0 Å². The van der Waals surface area contributed by atoms with Crippen LogP contribution in [0.15, 0.2) is 42.5 Å². The van der Waals surface area contributed by atoms with Crippen LogP contribution >= 0.6 is 0 Å². The fraction of sp³-hybridized carbons (Fsp3) is 0.412. The van der Waals surface area contributed by atoms with Gasteiger partial charge in [-0.05, 0) is 44.3 Å². The summed E-state index contributed by atoms with van der Waals surface area (Å²) in [5.41, 5.74) is 1.54. The molecule has 0 spiro atoms. The third-order valence-corrected chi connectivity index (χ3v) is 3.96. The molecule has 0 fully saturated rings. The van der Waals surface area contributed by atoms with Crippen molar-refractivity contribution in [2.45, 2.75) is 25.9 Å². The van der Waals surface area contributed by atoms with Crippen molar-refractivity contribution in [3.63, 3.8) is 0 Å². The lowest BCUT2D eigenvalue weighted by Gasteiger charge is -2.32. The third-order valence-electron chi connectivity index (χ3n) is 3.96. The van der Waals surface area contributed by atoms with E-state index in [0.717, 1.165) is 13.1 Å². The summed E-state index contributed by atoms with van der Waals surface area (Å²) in [6.45, 7) is 6.40. The molecule has 2 heteroatoms. The van der Waals surface area contributed by atoms with Crippen LogP contribution in [0.3, 0.4) is 0 Å². The molecule has 0 aliphatic heterocycles. The molecule has 0 amide bonds. The Morgan fingerprint density at radius 2 is 1.68 bits per heavy atom. The van der Waals surface area contributed by atoms with E-state index < -0.39 is 0 Å². The summed E-state index contributed by atoms with van der Waals surface area (Å²) in [5.74, 6) is 0. The van der Waals surface area contributed by atoms with E-state index in [2.05, 4.69) is 80.6 Å². The molecule has 0 unspecified atom stereocenters. The molecule has 2 rings (SSSR count). The molecular weight excluding hydrogens is 232 g/mol. The quantitative estimate of drug-likeness (QED) is 0.883. The Kier molecular flexibility index (Phi) is 4.23. The van der Waals surface area contributed by atoms with Crippen LogP contribution in [0, 0.1) is 0 Å². The molecule has 0 aliphatic rings. The summed E-state index contributed by atoms with van der Waals surface area (Å²) in [6.07, 6.45) is 0. The first-order chi connectivity index (χ1) is 9.00. The number of nitrogens with one attached hydrogen (secondary N) is 1. The van der Waals surface area contributed by atoms with E-state index >= 15 is 0 Å². The lowest BCUT2D eigenvalue weighted by Crippen LogP contribution is -2.46. The highest BCUT2D eigenvalue weighted by molar-refractivity contribution is 5.85. The molecule has 0 atom stereocenters. The van der Waals surface area contributed by atoms with E-state index in [1.807, 2.05) is 0 Å². The number of hydrogen-bond donors (Lipinski definition) is 1. The lowest BCUT2D eigenvalue weighted by atomic mass is 10.0. The minimum Gasteiger partial charge on any atom is -0.311 e. The Morgan fingerprint density at radius 1 is 1.00 bits per heavy atom. The van der Waals surface area contributed by atoms with Crippen LogP contribution in [0.25, 0.3) is 10.8 Å². The van der Waals surface area contributed by atoms with Gasteiger partial charge >= 0.3 is 0 Å². The van der Waals surface area contributed by atoms with Gasteiger partial charge in [-0.15, -0.1) is 0 Å². The van der Waals surface area contributed by atoms with Crippen LogP contribution in [0.2, 0.25) is 0 Å². The van der Waals surface area contributed by atoms with Gasteiger partial charge in [-0.2, -0.15) is 0 Å². The molecule has 1 N–H and O–H groups in total.